The molecule has 0 saturated carbocycles. The van der Waals surface area contributed by atoms with Crippen molar-refractivity contribution in [1.29, 1.82) is 0 Å². The van der Waals surface area contributed by atoms with Crippen molar-refractivity contribution in [3.8, 4) is 0 Å². The van der Waals surface area contributed by atoms with Crippen molar-refractivity contribution >= 4 is 56.5 Å². The minimum absolute atomic E-state index is 0.0849. The largest absolute Gasteiger partial charge is 0.410 e. The molecule has 2 aromatic carbocycles. The number of amides is 1. The number of hydrogen-bond acceptors (Lipinski definition) is 3. The van der Waals surface area contributed by atoms with Gasteiger partial charge in [0.25, 0.3) is 5.91 Å². The normalized spacial score (nSPS) is 18.3. The van der Waals surface area contributed by atoms with Crippen LogP contribution in [0.3, 0.4) is 0 Å². The molecule has 4 rings (SSSR count). The molecular weight excluding hydrogens is 520 g/mol. The van der Waals surface area contributed by atoms with Gasteiger partial charge >= 0.3 is 6.18 Å². The number of rotatable bonds is 3. The molecule has 2 N–H and O–H groups in total. The van der Waals surface area contributed by atoms with Gasteiger partial charge in [-0.3, -0.25) is 4.79 Å². The number of hydrogen-bond donors (Lipinski definition) is 2. The third kappa shape index (κ3) is 4.40. The molecule has 31 heavy (non-hydrogen) atoms. The van der Waals surface area contributed by atoms with E-state index in [-0.39, 0.29) is 27.4 Å². The van der Waals surface area contributed by atoms with Gasteiger partial charge in [-0.2, -0.15) is 18.3 Å². The summed E-state index contributed by atoms with van der Waals surface area (Å²) in [5.74, 6) is -0.604. The Kier molecular flexibility index (Phi) is 5.93. The third-order valence-electron chi connectivity index (χ3n) is 4.89. The van der Waals surface area contributed by atoms with Crippen LogP contribution in [0.25, 0.3) is 0 Å². The van der Waals surface area contributed by atoms with Crippen LogP contribution in [-0.2, 0) is 0 Å². The number of alkyl halides is 3. The predicted octanol–water partition coefficient (Wildman–Crippen LogP) is 6.87. The van der Waals surface area contributed by atoms with Gasteiger partial charge in [-0.05, 0) is 39.7 Å². The van der Waals surface area contributed by atoms with Crippen molar-refractivity contribution in [3.63, 3.8) is 0 Å². The first kappa shape index (κ1) is 22.0. The molecule has 11 heteroatoms. The van der Waals surface area contributed by atoms with Gasteiger partial charge < -0.3 is 10.6 Å². The number of carbonyl (C=O) groups excluding carboxylic acids is 1. The van der Waals surface area contributed by atoms with E-state index in [0.717, 1.165) is 4.68 Å². The van der Waals surface area contributed by atoms with E-state index in [1.165, 1.54) is 18.2 Å². The van der Waals surface area contributed by atoms with E-state index >= 15 is 0 Å². The second-order valence-corrected chi connectivity index (χ2v) is 8.55. The molecule has 0 aliphatic carbocycles. The van der Waals surface area contributed by atoms with Crippen molar-refractivity contribution in [1.82, 2.24) is 9.78 Å². The molecule has 0 unspecified atom stereocenters. The molecule has 0 spiro atoms. The number of carbonyl (C=O) groups is 1. The first-order valence-electron chi connectivity index (χ1n) is 9.07. The van der Waals surface area contributed by atoms with E-state index in [2.05, 4.69) is 31.7 Å². The van der Waals surface area contributed by atoms with Crippen LogP contribution < -0.4 is 10.6 Å². The van der Waals surface area contributed by atoms with Crippen LogP contribution >= 0.6 is 39.1 Å². The van der Waals surface area contributed by atoms with Crippen molar-refractivity contribution < 1.29 is 18.0 Å². The van der Waals surface area contributed by atoms with Crippen molar-refractivity contribution in [2.24, 2.45) is 0 Å². The number of aromatic nitrogens is 2. The van der Waals surface area contributed by atoms with Gasteiger partial charge in [0.05, 0.1) is 20.6 Å². The summed E-state index contributed by atoms with van der Waals surface area (Å²) in [6.07, 6.45) is -4.81. The summed E-state index contributed by atoms with van der Waals surface area (Å²) in [6, 6.07) is 10.8. The molecule has 162 valence electrons. The standard InChI is InChI=1S/C20H14BrCl2F3N4O/c21-16-17(19(31)27-11-6-7-12(22)13(23)8-11)29-30-15(20(24,25)26)9-14(28-18(16)30)10-4-2-1-3-5-10/h1-8,14-15,28H,9H2,(H,27,31)/t14-,15+/m1/s1. The van der Waals surface area contributed by atoms with E-state index in [9.17, 15) is 18.0 Å². The highest BCUT2D eigenvalue weighted by molar-refractivity contribution is 9.10. The molecule has 2 heterocycles. The quantitative estimate of drug-likeness (QED) is 0.386. The summed E-state index contributed by atoms with van der Waals surface area (Å²) in [7, 11) is 0. The average Bonchev–Trinajstić information content (AvgIpc) is 3.06. The van der Waals surface area contributed by atoms with E-state index < -0.39 is 24.2 Å². The Morgan fingerprint density at radius 3 is 2.52 bits per heavy atom. The molecule has 0 saturated heterocycles. The molecule has 1 amide bonds. The molecule has 5 nitrogen and oxygen atoms in total. The molecule has 0 radical (unpaired) electrons. The van der Waals surface area contributed by atoms with Crippen LogP contribution in [0.4, 0.5) is 24.7 Å². The van der Waals surface area contributed by atoms with Crippen LogP contribution in [0, 0.1) is 0 Å². The highest BCUT2D eigenvalue weighted by Crippen LogP contribution is 2.46. The zero-order valence-electron chi connectivity index (χ0n) is 15.6. The number of fused-ring (bicyclic) bond motifs is 1. The van der Waals surface area contributed by atoms with Gasteiger partial charge in [-0.25, -0.2) is 4.68 Å². The fraction of sp³-hybridized carbons (Fsp3) is 0.200. The third-order valence-corrected chi connectivity index (χ3v) is 6.38. The summed E-state index contributed by atoms with van der Waals surface area (Å²) >= 11 is 15.1. The first-order valence-corrected chi connectivity index (χ1v) is 10.6. The fourth-order valence-electron chi connectivity index (χ4n) is 3.40. The highest BCUT2D eigenvalue weighted by atomic mass is 79.9. The minimum Gasteiger partial charge on any atom is -0.362 e. The Labute approximate surface area is 193 Å². The number of nitrogens with one attached hydrogen (secondary N) is 2. The fourth-order valence-corrected chi connectivity index (χ4v) is 4.26. The van der Waals surface area contributed by atoms with Crippen LogP contribution in [0.2, 0.25) is 10.0 Å². The summed E-state index contributed by atoms with van der Waals surface area (Å²) in [6.45, 7) is 0. The molecule has 3 aromatic rings. The monoisotopic (exact) mass is 532 g/mol. The topological polar surface area (TPSA) is 59.0 Å². The summed E-state index contributed by atoms with van der Waals surface area (Å²) < 4.78 is 42.5. The van der Waals surface area contributed by atoms with Crippen LogP contribution in [0.15, 0.2) is 53.0 Å². The molecule has 1 aromatic heterocycles. The maximum absolute atomic E-state index is 13.8. The molecule has 2 atom stereocenters. The second-order valence-electron chi connectivity index (χ2n) is 6.94. The van der Waals surface area contributed by atoms with Gasteiger partial charge in [-0.15, -0.1) is 0 Å². The van der Waals surface area contributed by atoms with Crippen LogP contribution in [0.5, 0.6) is 0 Å². The smallest absolute Gasteiger partial charge is 0.362 e. The van der Waals surface area contributed by atoms with E-state index in [1.54, 1.807) is 30.3 Å². The van der Waals surface area contributed by atoms with Crippen LogP contribution in [-0.4, -0.2) is 21.9 Å². The minimum atomic E-state index is -4.55. The number of anilines is 2. The molecular formula is C20H14BrCl2F3N4O. The lowest BCUT2D eigenvalue weighted by Gasteiger charge is -2.33. The summed E-state index contributed by atoms with van der Waals surface area (Å²) in [5, 5.41) is 10.2. The lowest BCUT2D eigenvalue weighted by molar-refractivity contribution is -0.173. The predicted molar refractivity (Wildman–Crippen MR) is 117 cm³/mol. The van der Waals surface area contributed by atoms with Crippen molar-refractivity contribution in [2.75, 3.05) is 10.6 Å². The maximum atomic E-state index is 13.8. The highest BCUT2D eigenvalue weighted by Gasteiger charge is 2.47. The van der Waals surface area contributed by atoms with Gasteiger partial charge in [0.2, 0.25) is 0 Å². The lowest BCUT2D eigenvalue weighted by atomic mass is 9.97. The Morgan fingerprint density at radius 1 is 1.16 bits per heavy atom. The zero-order valence-corrected chi connectivity index (χ0v) is 18.6. The zero-order chi connectivity index (χ0) is 22.3. The molecule has 1 aliphatic heterocycles. The van der Waals surface area contributed by atoms with Gasteiger partial charge in [0.1, 0.15) is 5.82 Å². The van der Waals surface area contributed by atoms with E-state index in [4.69, 9.17) is 23.2 Å². The summed E-state index contributed by atoms with van der Waals surface area (Å²) in [5.41, 5.74) is 0.856. The Hall–Kier alpha value is -2.23. The number of halogens is 6. The van der Waals surface area contributed by atoms with E-state index in [0.29, 0.717) is 16.3 Å². The number of benzene rings is 2. The van der Waals surface area contributed by atoms with Gasteiger partial charge in [-0.1, -0.05) is 53.5 Å². The lowest BCUT2D eigenvalue weighted by Crippen LogP contribution is -2.35. The van der Waals surface area contributed by atoms with Crippen LogP contribution in [0.1, 0.15) is 34.6 Å². The maximum Gasteiger partial charge on any atom is 0.410 e. The van der Waals surface area contributed by atoms with E-state index in [1.807, 2.05) is 0 Å². The Bertz CT molecular complexity index is 1140. The molecule has 0 bridgehead atoms. The van der Waals surface area contributed by atoms with Gasteiger partial charge in [0, 0.05) is 12.1 Å². The summed E-state index contributed by atoms with van der Waals surface area (Å²) in [4.78, 5) is 12.8. The average molecular weight is 534 g/mol. The number of nitrogens with zero attached hydrogens (tertiary/aromatic N) is 2. The molecule has 0 fully saturated rings. The van der Waals surface area contributed by atoms with Gasteiger partial charge in [0.15, 0.2) is 11.7 Å². The molecule has 1 aliphatic rings. The van der Waals surface area contributed by atoms with Crippen molar-refractivity contribution in [2.45, 2.75) is 24.7 Å². The first-order chi connectivity index (χ1) is 14.6. The Balaban J connectivity index is 1.69. The Morgan fingerprint density at radius 2 is 1.87 bits per heavy atom. The van der Waals surface area contributed by atoms with Crippen molar-refractivity contribution in [3.05, 3.63) is 74.3 Å². The SMILES string of the molecule is O=C(Nc1ccc(Cl)c(Cl)c1)c1nn2c(c1Br)N[C@@H](c1ccccc1)C[C@H]2C(F)(F)F. The second kappa shape index (κ2) is 8.37.